The molecule has 0 bridgehead atoms. The second-order valence-electron chi connectivity index (χ2n) is 7.56. The van der Waals surface area contributed by atoms with Crippen LogP contribution in [0.25, 0.3) is 0 Å². The topological polar surface area (TPSA) is 62.7 Å². The van der Waals surface area contributed by atoms with Crippen LogP contribution < -0.4 is 10.6 Å². The number of rotatable bonds is 4. The lowest BCUT2D eigenvalue weighted by Crippen LogP contribution is -2.10. The molecule has 1 heterocycles. The smallest absolute Gasteiger partial charge is 0.249 e. The van der Waals surface area contributed by atoms with E-state index >= 15 is 0 Å². The Kier molecular flexibility index (Phi) is 4.89. The van der Waals surface area contributed by atoms with Crippen LogP contribution in [0.5, 0.6) is 0 Å². The third-order valence-electron chi connectivity index (χ3n) is 4.21. The van der Waals surface area contributed by atoms with Gasteiger partial charge < -0.3 is 10.6 Å². The van der Waals surface area contributed by atoms with E-state index < -0.39 is 0 Å². The summed E-state index contributed by atoms with van der Waals surface area (Å²) in [6, 6.07) is 14.6. The summed E-state index contributed by atoms with van der Waals surface area (Å²) >= 11 is 0. The standard InChI is InChI=1S/C21H25N5/c1-14-6-11-18(15(2)12-14)24-19-13-22-26-20(25-19)23-17-9-7-16(8-10-17)21(3,4)5/h6-13H,1-5H3,(H2,23,24,25,26). The van der Waals surface area contributed by atoms with Crippen molar-refractivity contribution < 1.29 is 0 Å². The lowest BCUT2D eigenvalue weighted by atomic mass is 9.87. The van der Waals surface area contributed by atoms with Crippen molar-refractivity contribution in [2.75, 3.05) is 10.6 Å². The SMILES string of the molecule is Cc1ccc(Nc2cnnc(Nc3ccc(C(C)(C)C)cc3)n2)c(C)c1. The highest BCUT2D eigenvalue weighted by molar-refractivity contribution is 5.62. The highest BCUT2D eigenvalue weighted by atomic mass is 15.3. The molecule has 0 amide bonds. The quantitative estimate of drug-likeness (QED) is 0.673. The predicted molar refractivity (Wildman–Crippen MR) is 107 cm³/mol. The molecule has 0 saturated carbocycles. The molecule has 0 fully saturated rings. The van der Waals surface area contributed by atoms with Crippen LogP contribution in [0.4, 0.5) is 23.1 Å². The monoisotopic (exact) mass is 347 g/mol. The Bertz CT molecular complexity index is 895. The van der Waals surface area contributed by atoms with Crippen molar-refractivity contribution in [1.82, 2.24) is 15.2 Å². The number of nitrogens with zero attached hydrogens (tertiary/aromatic N) is 3. The van der Waals surface area contributed by atoms with Crippen molar-refractivity contribution in [1.29, 1.82) is 0 Å². The van der Waals surface area contributed by atoms with Crippen LogP contribution in [0.1, 0.15) is 37.5 Å². The normalized spacial score (nSPS) is 11.3. The van der Waals surface area contributed by atoms with E-state index in [2.05, 4.69) is 84.7 Å². The summed E-state index contributed by atoms with van der Waals surface area (Å²) < 4.78 is 0. The minimum Gasteiger partial charge on any atom is -0.339 e. The first-order valence-electron chi connectivity index (χ1n) is 8.73. The van der Waals surface area contributed by atoms with Crippen LogP contribution >= 0.6 is 0 Å². The van der Waals surface area contributed by atoms with Crippen LogP contribution in [-0.2, 0) is 5.41 Å². The summed E-state index contributed by atoms with van der Waals surface area (Å²) in [6.07, 6.45) is 1.62. The molecule has 1 aromatic heterocycles. The van der Waals surface area contributed by atoms with Gasteiger partial charge in [0, 0.05) is 11.4 Å². The fraction of sp³-hybridized carbons (Fsp3) is 0.286. The fourth-order valence-corrected chi connectivity index (χ4v) is 2.69. The first kappa shape index (κ1) is 17.9. The number of benzene rings is 2. The van der Waals surface area contributed by atoms with Crippen molar-refractivity contribution in [3.05, 3.63) is 65.4 Å². The van der Waals surface area contributed by atoms with Gasteiger partial charge in [-0.3, -0.25) is 0 Å². The highest BCUT2D eigenvalue weighted by Gasteiger charge is 2.13. The van der Waals surface area contributed by atoms with Gasteiger partial charge in [0.15, 0.2) is 5.82 Å². The zero-order chi connectivity index (χ0) is 18.7. The van der Waals surface area contributed by atoms with E-state index in [1.807, 2.05) is 18.2 Å². The van der Waals surface area contributed by atoms with Gasteiger partial charge >= 0.3 is 0 Å². The van der Waals surface area contributed by atoms with Crippen LogP contribution in [0.3, 0.4) is 0 Å². The molecule has 0 saturated heterocycles. The Morgan fingerprint density at radius 3 is 2.27 bits per heavy atom. The zero-order valence-corrected chi connectivity index (χ0v) is 16.0. The maximum atomic E-state index is 4.50. The molecule has 5 heteroatoms. The first-order chi connectivity index (χ1) is 12.3. The molecular weight excluding hydrogens is 322 g/mol. The van der Waals surface area contributed by atoms with Crippen molar-refractivity contribution in [2.24, 2.45) is 0 Å². The second kappa shape index (κ2) is 7.12. The Morgan fingerprint density at radius 1 is 0.885 bits per heavy atom. The highest BCUT2D eigenvalue weighted by Crippen LogP contribution is 2.25. The Balaban J connectivity index is 1.75. The Labute approximate surface area is 154 Å². The number of aryl methyl sites for hydroxylation is 2. The van der Waals surface area contributed by atoms with Gasteiger partial charge in [0.25, 0.3) is 0 Å². The number of hydrogen-bond acceptors (Lipinski definition) is 5. The van der Waals surface area contributed by atoms with E-state index in [1.54, 1.807) is 6.20 Å². The van der Waals surface area contributed by atoms with Crippen molar-refractivity contribution in [3.8, 4) is 0 Å². The molecule has 0 radical (unpaired) electrons. The van der Waals surface area contributed by atoms with Gasteiger partial charge in [-0.2, -0.15) is 10.1 Å². The van der Waals surface area contributed by atoms with Gasteiger partial charge in [-0.15, -0.1) is 5.10 Å². The molecule has 0 atom stereocenters. The lowest BCUT2D eigenvalue weighted by Gasteiger charge is -2.19. The third-order valence-corrected chi connectivity index (χ3v) is 4.21. The minimum atomic E-state index is 0.131. The largest absolute Gasteiger partial charge is 0.339 e. The van der Waals surface area contributed by atoms with Crippen molar-refractivity contribution in [2.45, 2.75) is 40.0 Å². The van der Waals surface area contributed by atoms with Crippen molar-refractivity contribution >= 4 is 23.1 Å². The maximum absolute atomic E-state index is 4.50. The fourth-order valence-electron chi connectivity index (χ4n) is 2.69. The summed E-state index contributed by atoms with van der Waals surface area (Å²) in [7, 11) is 0. The van der Waals surface area contributed by atoms with Crippen LogP contribution in [0.2, 0.25) is 0 Å². The number of nitrogens with one attached hydrogen (secondary N) is 2. The van der Waals surface area contributed by atoms with Crippen molar-refractivity contribution in [3.63, 3.8) is 0 Å². The molecule has 2 aromatic carbocycles. The van der Waals surface area contributed by atoms with E-state index in [-0.39, 0.29) is 5.41 Å². The molecule has 3 aromatic rings. The van der Waals surface area contributed by atoms with E-state index in [1.165, 1.54) is 11.1 Å². The summed E-state index contributed by atoms with van der Waals surface area (Å²) in [4.78, 5) is 4.50. The molecule has 0 unspecified atom stereocenters. The van der Waals surface area contributed by atoms with Gasteiger partial charge in [0.05, 0.1) is 6.20 Å². The second-order valence-corrected chi connectivity index (χ2v) is 7.56. The van der Waals surface area contributed by atoms with E-state index in [9.17, 15) is 0 Å². The predicted octanol–water partition coefficient (Wildman–Crippen LogP) is 5.27. The van der Waals surface area contributed by atoms with Gasteiger partial charge in [0.1, 0.15) is 0 Å². The van der Waals surface area contributed by atoms with Gasteiger partial charge in [0.2, 0.25) is 5.95 Å². The van der Waals surface area contributed by atoms with E-state index in [0.717, 1.165) is 16.9 Å². The number of anilines is 4. The van der Waals surface area contributed by atoms with Crippen LogP contribution in [-0.4, -0.2) is 15.2 Å². The molecular formula is C21H25N5. The van der Waals surface area contributed by atoms with Crippen LogP contribution in [0, 0.1) is 13.8 Å². The van der Waals surface area contributed by atoms with Crippen LogP contribution in [0.15, 0.2) is 48.7 Å². The molecule has 134 valence electrons. The van der Waals surface area contributed by atoms with E-state index in [4.69, 9.17) is 0 Å². The number of hydrogen-bond donors (Lipinski definition) is 2. The average molecular weight is 347 g/mol. The lowest BCUT2D eigenvalue weighted by molar-refractivity contribution is 0.590. The molecule has 0 aliphatic carbocycles. The Morgan fingerprint density at radius 2 is 1.62 bits per heavy atom. The molecule has 0 aliphatic heterocycles. The summed E-state index contributed by atoms with van der Waals surface area (Å²) in [5.74, 6) is 1.11. The molecule has 0 spiro atoms. The maximum Gasteiger partial charge on any atom is 0.249 e. The molecule has 0 aliphatic rings. The summed E-state index contributed by atoms with van der Waals surface area (Å²) in [5, 5.41) is 14.6. The molecule has 2 N–H and O–H groups in total. The Hall–Kier alpha value is -2.95. The average Bonchev–Trinajstić information content (AvgIpc) is 2.57. The summed E-state index contributed by atoms with van der Waals surface area (Å²) in [6.45, 7) is 10.7. The minimum absolute atomic E-state index is 0.131. The zero-order valence-electron chi connectivity index (χ0n) is 16.0. The molecule has 5 nitrogen and oxygen atoms in total. The summed E-state index contributed by atoms with van der Waals surface area (Å²) in [5.41, 5.74) is 5.75. The van der Waals surface area contributed by atoms with E-state index in [0.29, 0.717) is 11.8 Å². The van der Waals surface area contributed by atoms with Gasteiger partial charge in [-0.25, -0.2) is 0 Å². The first-order valence-corrected chi connectivity index (χ1v) is 8.73. The third kappa shape index (κ3) is 4.36. The van der Waals surface area contributed by atoms with Gasteiger partial charge in [-0.05, 0) is 48.6 Å². The number of aromatic nitrogens is 3. The molecule has 26 heavy (non-hydrogen) atoms. The van der Waals surface area contributed by atoms with Gasteiger partial charge in [-0.1, -0.05) is 50.6 Å². The molecule has 3 rings (SSSR count).